The molecule has 0 saturated carbocycles. The SMILES string of the molecule is CN1CCN(CCOc2cc(OC3CCOCC3)c3c(c2)N(Nc2c(Cl)ccc4c2OCO4)C=NC3)CC1. The molecular formula is C27H34ClN5O5. The van der Waals surface area contributed by atoms with Crippen LogP contribution in [0.15, 0.2) is 29.3 Å². The summed E-state index contributed by atoms with van der Waals surface area (Å²) in [7, 11) is 2.17. The summed E-state index contributed by atoms with van der Waals surface area (Å²) in [6.07, 6.45) is 3.56. The Morgan fingerprint density at radius 2 is 1.95 bits per heavy atom. The van der Waals surface area contributed by atoms with E-state index in [1.54, 1.807) is 18.5 Å². The average molecular weight is 544 g/mol. The van der Waals surface area contributed by atoms with Gasteiger partial charge in [-0.15, -0.1) is 0 Å². The number of ether oxygens (including phenoxy) is 5. The lowest BCUT2D eigenvalue weighted by Crippen LogP contribution is -2.45. The van der Waals surface area contributed by atoms with Gasteiger partial charge in [0.25, 0.3) is 0 Å². The zero-order valence-corrected chi connectivity index (χ0v) is 22.4. The Kier molecular flexibility index (Phi) is 7.64. The molecule has 0 amide bonds. The normalized spacial score (nSPS) is 19.9. The van der Waals surface area contributed by atoms with E-state index in [1.165, 1.54) is 0 Å². The molecule has 2 aromatic carbocycles. The summed E-state index contributed by atoms with van der Waals surface area (Å²) < 4.78 is 29.6. The number of anilines is 2. The number of rotatable bonds is 8. The Balaban J connectivity index is 1.25. The molecule has 204 valence electrons. The number of piperazine rings is 1. The van der Waals surface area contributed by atoms with E-state index in [0.717, 1.165) is 68.3 Å². The molecule has 10 nitrogen and oxygen atoms in total. The van der Waals surface area contributed by atoms with Crippen molar-refractivity contribution >= 4 is 29.3 Å². The highest BCUT2D eigenvalue weighted by molar-refractivity contribution is 6.33. The number of nitrogens with one attached hydrogen (secondary N) is 1. The van der Waals surface area contributed by atoms with E-state index in [9.17, 15) is 0 Å². The molecule has 0 aromatic heterocycles. The van der Waals surface area contributed by atoms with Crippen molar-refractivity contribution in [3.63, 3.8) is 0 Å². The second-order valence-electron chi connectivity index (χ2n) is 9.94. The Morgan fingerprint density at radius 1 is 1.11 bits per heavy atom. The standard InChI is InChI=1S/C27H34ClN5O5/c1-31-6-8-32(9-7-31)10-13-35-20-14-23-21(25(15-20)38-19-4-11-34-12-5-19)16-29-17-33(23)30-26-22(28)2-3-24-27(26)37-18-36-24/h2-3,14-15,17,19,30H,4-13,16,18H2,1H3. The van der Waals surface area contributed by atoms with Gasteiger partial charge in [0.1, 0.15) is 36.2 Å². The lowest BCUT2D eigenvalue weighted by Gasteiger charge is -2.32. The van der Waals surface area contributed by atoms with Gasteiger partial charge >= 0.3 is 0 Å². The highest BCUT2D eigenvalue weighted by atomic mass is 35.5. The minimum absolute atomic E-state index is 0.0955. The maximum atomic E-state index is 6.56. The average Bonchev–Trinajstić information content (AvgIpc) is 3.42. The van der Waals surface area contributed by atoms with Gasteiger partial charge in [-0.2, -0.15) is 0 Å². The fourth-order valence-electron chi connectivity index (χ4n) is 5.04. The van der Waals surface area contributed by atoms with Crippen LogP contribution in [0.25, 0.3) is 0 Å². The number of likely N-dealkylation sites (N-methyl/N-ethyl adjacent to an activating group) is 1. The Morgan fingerprint density at radius 3 is 2.79 bits per heavy atom. The van der Waals surface area contributed by atoms with Gasteiger partial charge in [0.15, 0.2) is 11.5 Å². The number of hydrogen-bond donors (Lipinski definition) is 1. The van der Waals surface area contributed by atoms with E-state index < -0.39 is 0 Å². The van der Waals surface area contributed by atoms with Gasteiger partial charge in [-0.25, -0.2) is 5.01 Å². The van der Waals surface area contributed by atoms with Crippen molar-refractivity contribution in [3.8, 4) is 23.0 Å². The molecule has 0 unspecified atom stereocenters. The van der Waals surface area contributed by atoms with Crippen LogP contribution in [0.4, 0.5) is 11.4 Å². The van der Waals surface area contributed by atoms with Gasteiger partial charge in [-0.1, -0.05) is 11.6 Å². The first-order valence-electron chi connectivity index (χ1n) is 13.2. The molecule has 2 aromatic rings. The molecule has 0 aliphatic carbocycles. The van der Waals surface area contributed by atoms with Crippen molar-refractivity contribution in [2.45, 2.75) is 25.5 Å². The minimum atomic E-state index is 0.0955. The second-order valence-corrected chi connectivity index (χ2v) is 10.3. The molecule has 1 N–H and O–H groups in total. The van der Waals surface area contributed by atoms with Crippen LogP contribution in [0, 0.1) is 0 Å². The Labute approximate surface area is 228 Å². The monoisotopic (exact) mass is 543 g/mol. The van der Waals surface area contributed by atoms with Crippen LogP contribution in [0.2, 0.25) is 5.02 Å². The molecular weight excluding hydrogens is 510 g/mol. The largest absolute Gasteiger partial charge is 0.492 e. The summed E-state index contributed by atoms with van der Waals surface area (Å²) >= 11 is 6.56. The van der Waals surface area contributed by atoms with E-state index in [2.05, 4.69) is 27.3 Å². The summed E-state index contributed by atoms with van der Waals surface area (Å²) in [4.78, 5) is 9.40. The first-order chi connectivity index (χ1) is 18.6. The molecule has 0 radical (unpaired) electrons. The molecule has 11 heteroatoms. The number of nitrogens with zero attached hydrogens (tertiary/aromatic N) is 4. The maximum absolute atomic E-state index is 6.56. The fraction of sp³-hybridized carbons (Fsp3) is 0.519. The lowest BCUT2D eigenvalue weighted by atomic mass is 10.1. The van der Waals surface area contributed by atoms with Crippen LogP contribution >= 0.6 is 11.6 Å². The quantitative estimate of drug-likeness (QED) is 0.537. The summed E-state index contributed by atoms with van der Waals surface area (Å²) in [6, 6.07) is 7.63. The second kappa shape index (κ2) is 11.4. The molecule has 38 heavy (non-hydrogen) atoms. The first kappa shape index (κ1) is 25.4. The number of benzene rings is 2. The molecule has 2 fully saturated rings. The lowest BCUT2D eigenvalue weighted by molar-refractivity contribution is 0.0251. The van der Waals surface area contributed by atoms with E-state index in [4.69, 9.17) is 35.3 Å². The van der Waals surface area contributed by atoms with E-state index >= 15 is 0 Å². The number of aliphatic imine (C=N–C) groups is 1. The molecule has 6 rings (SSSR count). The number of hydrogen-bond acceptors (Lipinski definition) is 10. The minimum Gasteiger partial charge on any atom is -0.492 e. The summed E-state index contributed by atoms with van der Waals surface area (Å²) in [5.41, 5.74) is 5.88. The summed E-state index contributed by atoms with van der Waals surface area (Å²) in [5, 5.41) is 2.36. The van der Waals surface area contributed by atoms with Crippen LogP contribution in [0.3, 0.4) is 0 Å². The topological polar surface area (TPSA) is 80.3 Å². The smallest absolute Gasteiger partial charge is 0.231 e. The predicted molar refractivity (Wildman–Crippen MR) is 146 cm³/mol. The number of hydrazine groups is 1. The predicted octanol–water partition coefficient (Wildman–Crippen LogP) is 3.63. The van der Waals surface area contributed by atoms with Crippen LogP contribution in [-0.4, -0.2) is 88.6 Å². The fourth-order valence-corrected chi connectivity index (χ4v) is 5.23. The third-order valence-electron chi connectivity index (χ3n) is 7.32. The Bertz CT molecular complexity index is 1170. The summed E-state index contributed by atoms with van der Waals surface area (Å²) in [5.74, 6) is 2.77. The van der Waals surface area contributed by atoms with Crippen molar-refractivity contribution < 1.29 is 23.7 Å². The molecule has 0 atom stereocenters. The highest BCUT2D eigenvalue weighted by Crippen LogP contribution is 2.45. The third kappa shape index (κ3) is 5.58. The zero-order chi connectivity index (χ0) is 25.9. The van der Waals surface area contributed by atoms with Crippen molar-refractivity contribution in [1.82, 2.24) is 9.80 Å². The van der Waals surface area contributed by atoms with Gasteiger partial charge in [-0.3, -0.25) is 15.3 Å². The molecule has 4 aliphatic heterocycles. The van der Waals surface area contributed by atoms with Gasteiger partial charge in [0, 0.05) is 63.3 Å². The molecule has 4 heterocycles. The van der Waals surface area contributed by atoms with Gasteiger partial charge in [0.2, 0.25) is 6.79 Å². The van der Waals surface area contributed by atoms with E-state index in [0.29, 0.717) is 48.6 Å². The Hall–Kier alpha value is -2.92. The van der Waals surface area contributed by atoms with Crippen molar-refractivity contribution in [3.05, 3.63) is 34.9 Å². The zero-order valence-electron chi connectivity index (χ0n) is 21.7. The molecule has 0 spiro atoms. The van der Waals surface area contributed by atoms with Crippen LogP contribution in [0.1, 0.15) is 18.4 Å². The van der Waals surface area contributed by atoms with Gasteiger partial charge in [0.05, 0.1) is 30.5 Å². The molecule has 0 bridgehead atoms. The van der Waals surface area contributed by atoms with Gasteiger partial charge < -0.3 is 28.6 Å². The molecule has 4 aliphatic rings. The first-order valence-corrected chi connectivity index (χ1v) is 13.6. The van der Waals surface area contributed by atoms with E-state index in [1.807, 2.05) is 17.1 Å². The number of halogens is 1. The van der Waals surface area contributed by atoms with Crippen molar-refractivity contribution in [1.29, 1.82) is 0 Å². The summed E-state index contributed by atoms with van der Waals surface area (Å²) in [6.45, 7) is 7.85. The highest BCUT2D eigenvalue weighted by Gasteiger charge is 2.27. The third-order valence-corrected chi connectivity index (χ3v) is 7.63. The number of fused-ring (bicyclic) bond motifs is 2. The van der Waals surface area contributed by atoms with E-state index in [-0.39, 0.29) is 12.9 Å². The van der Waals surface area contributed by atoms with Crippen LogP contribution in [0.5, 0.6) is 23.0 Å². The van der Waals surface area contributed by atoms with Crippen molar-refractivity contribution in [2.24, 2.45) is 4.99 Å². The molecule has 2 saturated heterocycles. The van der Waals surface area contributed by atoms with Crippen molar-refractivity contribution in [2.75, 3.05) is 76.8 Å². The van der Waals surface area contributed by atoms with Crippen LogP contribution < -0.4 is 29.4 Å². The van der Waals surface area contributed by atoms with Gasteiger partial charge in [-0.05, 0) is 19.2 Å². The maximum Gasteiger partial charge on any atom is 0.231 e. The van der Waals surface area contributed by atoms with Crippen LogP contribution in [-0.2, 0) is 11.3 Å².